The lowest BCUT2D eigenvalue weighted by Gasteiger charge is -2.18. The van der Waals surface area contributed by atoms with Crippen molar-refractivity contribution in [1.29, 1.82) is 0 Å². The maximum Gasteiger partial charge on any atom is 0.411 e. The Balaban J connectivity index is 1.79. The van der Waals surface area contributed by atoms with Gasteiger partial charge in [-0.2, -0.15) is 13.2 Å². The zero-order chi connectivity index (χ0) is 21.4. The van der Waals surface area contributed by atoms with Gasteiger partial charge in [0.05, 0.1) is 13.7 Å². The van der Waals surface area contributed by atoms with Gasteiger partial charge in [-0.3, -0.25) is 0 Å². The van der Waals surface area contributed by atoms with Gasteiger partial charge in [-0.05, 0) is 28.8 Å². The fraction of sp³-hybridized carbons (Fsp3) is 0.350. The van der Waals surface area contributed by atoms with Gasteiger partial charge in [0.15, 0.2) is 11.6 Å². The van der Waals surface area contributed by atoms with Gasteiger partial charge in [0, 0.05) is 20.1 Å². The van der Waals surface area contributed by atoms with Crippen LogP contribution in [0, 0.1) is 5.82 Å². The first kappa shape index (κ1) is 22.5. The van der Waals surface area contributed by atoms with Crippen molar-refractivity contribution in [3.05, 3.63) is 65.0 Å². The van der Waals surface area contributed by atoms with Crippen LogP contribution in [0.3, 0.4) is 0 Å². The van der Waals surface area contributed by atoms with Crippen LogP contribution in [0.15, 0.2) is 42.5 Å². The molecule has 158 valence electrons. The van der Waals surface area contributed by atoms with E-state index in [0.29, 0.717) is 11.1 Å². The van der Waals surface area contributed by atoms with E-state index < -0.39 is 18.6 Å². The third-order valence-corrected chi connectivity index (χ3v) is 3.98. The molecule has 1 N–H and O–H groups in total. The molecule has 0 radical (unpaired) electrons. The van der Waals surface area contributed by atoms with E-state index in [4.69, 9.17) is 4.74 Å². The van der Waals surface area contributed by atoms with E-state index >= 15 is 0 Å². The maximum absolute atomic E-state index is 13.7. The fourth-order valence-electron chi connectivity index (χ4n) is 2.50. The number of halogens is 4. The topological polar surface area (TPSA) is 50.8 Å². The molecule has 2 aromatic carbocycles. The molecule has 2 rings (SSSR count). The first-order valence-electron chi connectivity index (χ1n) is 8.71. The van der Waals surface area contributed by atoms with Crippen molar-refractivity contribution in [3.63, 3.8) is 0 Å². The fourth-order valence-corrected chi connectivity index (χ4v) is 2.50. The summed E-state index contributed by atoms with van der Waals surface area (Å²) in [5, 5.41) is 2.73. The first-order valence-corrected chi connectivity index (χ1v) is 8.71. The Morgan fingerprint density at radius 2 is 1.69 bits per heavy atom. The molecule has 29 heavy (non-hydrogen) atoms. The summed E-state index contributed by atoms with van der Waals surface area (Å²) in [6.45, 7) is -0.991. The number of ether oxygens (including phenoxy) is 2. The van der Waals surface area contributed by atoms with Crippen molar-refractivity contribution < 1.29 is 31.8 Å². The van der Waals surface area contributed by atoms with Crippen molar-refractivity contribution >= 4 is 6.03 Å². The molecular formula is C20H22F4N2O3. The molecule has 0 saturated carbocycles. The van der Waals surface area contributed by atoms with E-state index in [-0.39, 0.29) is 31.5 Å². The van der Waals surface area contributed by atoms with E-state index in [9.17, 15) is 22.4 Å². The standard InChI is InChI=1S/C20H22F4N2O3/c1-26(11-16-7-8-18(28-2)17(21)9-16)19(27)25-10-14-3-5-15(6-4-14)12-29-13-20(22,23)24/h3-9H,10-13H2,1-2H3,(H,25,27). The number of methoxy groups -OCH3 is 1. The monoisotopic (exact) mass is 414 g/mol. The van der Waals surface area contributed by atoms with Crippen LogP contribution in [0.1, 0.15) is 16.7 Å². The molecule has 0 bridgehead atoms. The number of carbonyl (C=O) groups is 1. The second-order valence-corrected chi connectivity index (χ2v) is 6.41. The number of nitrogens with zero attached hydrogens (tertiary/aromatic N) is 1. The van der Waals surface area contributed by atoms with Crippen molar-refractivity contribution in [3.8, 4) is 5.75 Å². The second-order valence-electron chi connectivity index (χ2n) is 6.41. The smallest absolute Gasteiger partial charge is 0.411 e. The quantitative estimate of drug-likeness (QED) is 0.657. The Morgan fingerprint density at radius 3 is 2.28 bits per heavy atom. The number of amides is 2. The minimum absolute atomic E-state index is 0.133. The molecule has 0 fully saturated rings. The van der Waals surface area contributed by atoms with Crippen LogP contribution in [0.5, 0.6) is 5.75 Å². The summed E-state index contributed by atoms with van der Waals surface area (Å²) in [6.07, 6.45) is -4.35. The molecule has 0 aliphatic heterocycles. The van der Waals surface area contributed by atoms with Gasteiger partial charge < -0.3 is 19.7 Å². The highest BCUT2D eigenvalue weighted by atomic mass is 19.4. The van der Waals surface area contributed by atoms with E-state index in [0.717, 1.165) is 5.56 Å². The van der Waals surface area contributed by atoms with Gasteiger partial charge in [0.25, 0.3) is 0 Å². The van der Waals surface area contributed by atoms with E-state index in [1.807, 2.05) is 0 Å². The van der Waals surface area contributed by atoms with Crippen LogP contribution < -0.4 is 10.1 Å². The lowest BCUT2D eigenvalue weighted by Crippen LogP contribution is -2.36. The highest BCUT2D eigenvalue weighted by Gasteiger charge is 2.27. The van der Waals surface area contributed by atoms with Gasteiger partial charge >= 0.3 is 12.2 Å². The van der Waals surface area contributed by atoms with Crippen molar-refractivity contribution in [2.24, 2.45) is 0 Å². The third-order valence-electron chi connectivity index (χ3n) is 3.98. The molecule has 2 amide bonds. The molecule has 0 aliphatic carbocycles. The SMILES string of the molecule is COc1ccc(CN(C)C(=O)NCc2ccc(COCC(F)(F)F)cc2)cc1F. The zero-order valence-corrected chi connectivity index (χ0v) is 16.1. The van der Waals surface area contributed by atoms with E-state index in [1.165, 1.54) is 24.1 Å². The normalized spacial score (nSPS) is 11.2. The summed E-state index contributed by atoms with van der Waals surface area (Å²) in [5.41, 5.74) is 1.99. The number of alkyl halides is 3. The highest BCUT2D eigenvalue weighted by molar-refractivity contribution is 5.73. The Hall–Kier alpha value is -2.81. The summed E-state index contributed by atoms with van der Waals surface area (Å²) in [4.78, 5) is 13.6. The van der Waals surface area contributed by atoms with Crippen LogP contribution >= 0.6 is 0 Å². The lowest BCUT2D eigenvalue weighted by molar-refractivity contribution is -0.176. The summed E-state index contributed by atoms with van der Waals surface area (Å²) in [5.74, 6) is -0.369. The molecule has 0 spiro atoms. The van der Waals surface area contributed by atoms with Gasteiger partial charge in [0.1, 0.15) is 6.61 Å². The summed E-state index contributed by atoms with van der Waals surface area (Å²) in [6, 6.07) is 10.8. The molecule has 0 atom stereocenters. The molecule has 0 aliphatic rings. The summed E-state index contributed by atoms with van der Waals surface area (Å²) in [7, 11) is 2.96. The molecule has 9 heteroatoms. The first-order chi connectivity index (χ1) is 13.7. The molecule has 0 saturated heterocycles. The van der Waals surface area contributed by atoms with Gasteiger partial charge in [-0.15, -0.1) is 0 Å². The number of urea groups is 1. The molecule has 0 aromatic heterocycles. The van der Waals surface area contributed by atoms with Crippen molar-refractivity contribution in [2.75, 3.05) is 20.8 Å². The number of nitrogens with one attached hydrogen (secondary N) is 1. The molecular weight excluding hydrogens is 392 g/mol. The lowest BCUT2D eigenvalue weighted by atomic mass is 10.1. The highest BCUT2D eigenvalue weighted by Crippen LogP contribution is 2.18. The maximum atomic E-state index is 13.7. The van der Waals surface area contributed by atoms with Gasteiger partial charge in [0.2, 0.25) is 0 Å². The van der Waals surface area contributed by atoms with Gasteiger partial charge in [-0.1, -0.05) is 30.3 Å². The molecule has 5 nitrogen and oxygen atoms in total. The third kappa shape index (κ3) is 7.61. The van der Waals surface area contributed by atoms with Crippen molar-refractivity contribution in [2.45, 2.75) is 25.9 Å². The average Bonchev–Trinajstić information content (AvgIpc) is 2.66. The van der Waals surface area contributed by atoms with Crippen LogP contribution in [0.25, 0.3) is 0 Å². The van der Waals surface area contributed by atoms with Crippen LogP contribution in [-0.4, -0.2) is 37.9 Å². The number of carbonyl (C=O) groups excluding carboxylic acids is 1. The van der Waals surface area contributed by atoms with Crippen LogP contribution in [-0.2, 0) is 24.4 Å². The zero-order valence-electron chi connectivity index (χ0n) is 16.1. The Bertz CT molecular complexity index is 810. The number of benzene rings is 2. The van der Waals surface area contributed by atoms with Crippen molar-refractivity contribution in [1.82, 2.24) is 10.2 Å². The number of hydrogen-bond donors (Lipinski definition) is 1. The summed E-state index contributed by atoms with van der Waals surface area (Å²) < 4.78 is 59.4. The predicted molar refractivity (Wildman–Crippen MR) is 98.8 cm³/mol. The Kier molecular flexibility index (Phi) is 7.83. The van der Waals surface area contributed by atoms with E-state index in [2.05, 4.69) is 10.1 Å². The van der Waals surface area contributed by atoms with Gasteiger partial charge in [-0.25, -0.2) is 9.18 Å². The number of hydrogen-bond acceptors (Lipinski definition) is 3. The molecule has 0 heterocycles. The Labute approximate surface area is 166 Å². The van der Waals surface area contributed by atoms with E-state index in [1.54, 1.807) is 37.4 Å². The Morgan fingerprint density at radius 1 is 1.07 bits per heavy atom. The van der Waals surface area contributed by atoms with Crippen LogP contribution in [0.4, 0.5) is 22.4 Å². The average molecular weight is 414 g/mol. The number of rotatable bonds is 8. The molecule has 0 unspecified atom stereocenters. The minimum atomic E-state index is -4.35. The largest absolute Gasteiger partial charge is 0.494 e. The second kappa shape index (κ2) is 10.1. The minimum Gasteiger partial charge on any atom is -0.494 e. The predicted octanol–water partition coefficient (Wildman–Crippen LogP) is 4.25. The van der Waals surface area contributed by atoms with Crippen LogP contribution in [0.2, 0.25) is 0 Å². The molecule has 2 aromatic rings. The summed E-state index contributed by atoms with van der Waals surface area (Å²) >= 11 is 0.